The minimum Gasteiger partial charge on any atom is -0.375 e. The van der Waals surface area contributed by atoms with E-state index in [9.17, 15) is 5.11 Å². The van der Waals surface area contributed by atoms with E-state index >= 15 is 0 Å². The Morgan fingerprint density at radius 1 is 1.05 bits per heavy atom. The Balaban J connectivity index is 1.68. The molecule has 0 amide bonds. The van der Waals surface area contributed by atoms with Crippen molar-refractivity contribution in [1.29, 1.82) is 0 Å². The molecule has 4 rings (SSSR count). The first-order chi connectivity index (χ1) is 10.7. The van der Waals surface area contributed by atoms with E-state index in [2.05, 4.69) is 0 Å². The Labute approximate surface area is 130 Å². The van der Waals surface area contributed by atoms with E-state index in [1.807, 2.05) is 6.08 Å². The molecule has 0 aromatic carbocycles. The third kappa shape index (κ3) is 2.25. The summed E-state index contributed by atoms with van der Waals surface area (Å²) >= 11 is 0. The van der Waals surface area contributed by atoms with Crippen LogP contribution < -0.4 is 0 Å². The maximum Gasteiger partial charge on any atom is 0.244 e. The van der Waals surface area contributed by atoms with Crippen molar-refractivity contribution in [1.82, 2.24) is 0 Å². The van der Waals surface area contributed by atoms with Crippen LogP contribution in [0.15, 0.2) is 12.2 Å². The van der Waals surface area contributed by atoms with Crippen LogP contribution in [0, 0.1) is 0 Å². The van der Waals surface area contributed by atoms with Crippen LogP contribution in [-0.4, -0.2) is 61.4 Å². The van der Waals surface area contributed by atoms with E-state index in [-0.39, 0.29) is 24.4 Å². The first kappa shape index (κ1) is 15.1. The number of fused-ring (bicyclic) bond motifs is 3. The van der Waals surface area contributed by atoms with Gasteiger partial charge in [-0.3, -0.25) is 0 Å². The van der Waals surface area contributed by atoms with Crippen LogP contribution in [0.25, 0.3) is 0 Å². The average Bonchev–Trinajstić information content (AvgIpc) is 2.66. The van der Waals surface area contributed by atoms with Gasteiger partial charge < -0.3 is 28.8 Å². The van der Waals surface area contributed by atoms with E-state index in [0.29, 0.717) is 19.6 Å². The van der Waals surface area contributed by atoms with Crippen molar-refractivity contribution < 1.29 is 28.8 Å². The highest BCUT2D eigenvalue weighted by Gasteiger charge is 2.62. The molecule has 6 atom stereocenters. The Morgan fingerprint density at radius 2 is 1.82 bits per heavy atom. The van der Waals surface area contributed by atoms with Crippen LogP contribution in [0.3, 0.4) is 0 Å². The predicted molar refractivity (Wildman–Crippen MR) is 76.1 cm³/mol. The summed E-state index contributed by atoms with van der Waals surface area (Å²) in [6, 6.07) is 0. The zero-order chi connectivity index (χ0) is 15.2. The molecule has 0 spiro atoms. The molecule has 4 aliphatic rings. The highest BCUT2D eigenvalue weighted by atomic mass is 16.8. The van der Waals surface area contributed by atoms with E-state index < -0.39 is 11.6 Å². The summed E-state index contributed by atoms with van der Waals surface area (Å²) in [5.41, 5.74) is 0. The molecule has 1 N–H and O–H groups in total. The van der Waals surface area contributed by atoms with Gasteiger partial charge in [-0.2, -0.15) is 0 Å². The quantitative estimate of drug-likeness (QED) is 0.732. The number of hydrogen-bond acceptors (Lipinski definition) is 6. The largest absolute Gasteiger partial charge is 0.375 e. The molecule has 4 heterocycles. The van der Waals surface area contributed by atoms with Crippen LogP contribution in [0.5, 0.6) is 0 Å². The molecule has 6 nitrogen and oxygen atoms in total. The van der Waals surface area contributed by atoms with Crippen molar-refractivity contribution in [2.45, 2.75) is 68.1 Å². The van der Waals surface area contributed by atoms with Crippen LogP contribution >= 0.6 is 0 Å². The van der Waals surface area contributed by atoms with Crippen molar-refractivity contribution in [2.24, 2.45) is 0 Å². The average molecular weight is 312 g/mol. The second-order valence-electron chi connectivity index (χ2n) is 6.56. The van der Waals surface area contributed by atoms with Gasteiger partial charge in [0.25, 0.3) is 0 Å². The number of ether oxygens (including phenoxy) is 5. The third-order valence-corrected chi connectivity index (χ3v) is 5.19. The van der Waals surface area contributed by atoms with Crippen LogP contribution in [-0.2, 0) is 23.7 Å². The first-order valence-corrected chi connectivity index (χ1v) is 8.21. The molecule has 0 aliphatic carbocycles. The summed E-state index contributed by atoms with van der Waals surface area (Å²) in [7, 11) is 1.54. The molecule has 0 saturated carbocycles. The van der Waals surface area contributed by atoms with Gasteiger partial charge in [-0.25, -0.2) is 0 Å². The highest BCUT2D eigenvalue weighted by Crippen LogP contribution is 2.46. The normalized spacial score (nSPS) is 51.4. The maximum absolute atomic E-state index is 11.2. The molecular weight excluding hydrogens is 288 g/mol. The molecule has 0 bridgehead atoms. The van der Waals surface area contributed by atoms with Gasteiger partial charge in [0.1, 0.15) is 6.10 Å². The maximum atomic E-state index is 11.2. The summed E-state index contributed by atoms with van der Waals surface area (Å²) in [6.45, 7) is 1.41. The lowest BCUT2D eigenvalue weighted by Crippen LogP contribution is -2.67. The number of methoxy groups -OCH3 is 1. The number of rotatable bonds is 1. The molecule has 124 valence electrons. The summed E-state index contributed by atoms with van der Waals surface area (Å²) in [4.78, 5) is 0. The Hall–Kier alpha value is -0.500. The molecule has 4 aliphatic heterocycles. The van der Waals surface area contributed by atoms with Gasteiger partial charge in [0.05, 0.1) is 18.3 Å². The molecule has 0 unspecified atom stereocenters. The Morgan fingerprint density at radius 3 is 2.64 bits per heavy atom. The predicted octanol–water partition coefficient (Wildman–Crippen LogP) is 1.12. The fourth-order valence-corrected chi connectivity index (χ4v) is 4.00. The second kappa shape index (κ2) is 5.54. The summed E-state index contributed by atoms with van der Waals surface area (Å²) in [5, 5.41) is 11.2. The summed E-state index contributed by atoms with van der Waals surface area (Å²) in [5.74, 6) is -2.85. The Bertz CT molecular complexity index is 454. The minimum absolute atomic E-state index is 0.0803. The SMILES string of the molecule is CO[C@@]12C=C[C@@H]3OCCC[C@H]3O[C@@]1(O)C[C@H]1OCCC[C@@H]1O2. The van der Waals surface area contributed by atoms with Crippen molar-refractivity contribution in [3.8, 4) is 0 Å². The lowest BCUT2D eigenvalue weighted by atomic mass is 9.88. The van der Waals surface area contributed by atoms with Gasteiger partial charge in [0.15, 0.2) is 0 Å². The van der Waals surface area contributed by atoms with Crippen molar-refractivity contribution in [3.05, 3.63) is 12.2 Å². The molecule has 22 heavy (non-hydrogen) atoms. The lowest BCUT2D eigenvalue weighted by molar-refractivity contribution is -0.430. The van der Waals surface area contributed by atoms with Crippen molar-refractivity contribution in [2.75, 3.05) is 20.3 Å². The van der Waals surface area contributed by atoms with E-state index in [4.69, 9.17) is 23.7 Å². The molecule has 0 aromatic heterocycles. The van der Waals surface area contributed by atoms with Crippen molar-refractivity contribution in [3.63, 3.8) is 0 Å². The summed E-state index contributed by atoms with van der Waals surface area (Å²) < 4.78 is 29.4. The molecular formula is C16H24O6. The summed E-state index contributed by atoms with van der Waals surface area (Å²) in [6.07, 6.45) is 7.09. The highest BCUT2D eigenvalue weighted by molar-refractivity contribution is 5.15. The zero-order valence-corrected chi connectivity index (χ0v) is 12.9. The fourth-order valence-electron chi connectivity index (χ4n) is 4.00. The monoisotopic (exact) mass is 312 g/mol. The lowest BCUT2D eigenvalue weighted by Gasteiger charge is -2.52. The standard InChI is InChI=1S/C16H24O6/c1-18-16-7-6-11-12(4-2-8-19-11)21-15(16,17)10-14-13(22-16)5-3-9-20-14/h6-7,11-14,17H,2-5,8-10H2,1H3/t11-,12+,13-,14+,15-,16+/m0/s1. The molecule has 3 saturated heterocycles. The Kier molecular flexibility index (Phi) is 3.79. The topological polar surface area (TPSA) is 66.4 Å². The van der Waals surface area contributed by atoms with E-state index in [1.165, 1.54) is 0 Å². The fraction of sp³-hybridized carbons (Fsp3) is 0.875. The van der Waals surface area contributed by atoms with Gasteiger partial charge in [0, 0.05) is 26.7 Å². The van der Waals surface area contributed by atoms with Crippen molar-refractivity contribution >= 4 is 0 Å². The van der Waals surface area contributed by atoms with Crippen LogP contribution in [0.2, 0.25) is 0 Å². The van der Waals surface area contributed by atoms with E-state index in [0.717, 1.165) is 25.7 Å². The molecule has 0 radical (unpaired) electrons. The van der Waals surface area contributed by atoms with Gasteiger partial charge in [-0.15, -0.1) is 0 Å². The van der Waals surface area contributed by atoms with Gasteiger partial charge in [-0.1, -0.05) is 6.08 Å². The van der Waals surface area contributed by atoms with E-state index in [1.54, 1.807) is 13.2 Å². The minimum atomic E-state index is -1.56. The smallest absolute Gasteiger partial charge is 0.244 e. The van der Waals surface area contributed by atoms with Crippen LogP contribution in [0.4, 0.5) is 0 Å². The second-order valence-corrected chi connectivity index (χ2v) is 6.56. The van der Waals surface area contributed by atoms with Gasteiger partial charge in [0.2, 0.25) is 11.6 Å². The zero-order valence-electron chi connectivity index (χ0n) is 12.9. The van der Waals surface area contributed by atoms with Crippen LogP contribution in [0.1, 0.15) is 32.1 Å². The number of hydrogen-bond donors (Lipinski definition) is 1. The van der Waals surface area contributed by atoms with Gasteiger partial charge >= 0.3 is 0 Å². The number of aliphatic hydroxyl groups is 1. The first-order valence-electron chi connectivity index (χ1n) is 8.21. The molecule has 3 fully saturated rings. The van der Waals surface area contributed by atoms with Gasteiger partial charge in [-0.05, 0) is 31.8 Å². The molecule has 0 aromatic rings. The molecule has 6 heteroatoms. The third-order valence-electron chi connectivity index (χ3n) is 5.19.